The maximum Gasteiger partial charge on any atom is 0.412 e. The highest BCUT2D eigenvalue weighted by molar-refractivity contribution is 5.92. The number of methoxy groups -OCH3 is 2. The predicted molar refractivity (Wildman–Crippen MR) is 85.6 cm³/mol. The highest BCUT2D eigenvalue weighted by Crippen LogP contribution is 2.13. The molecule has 0 aliphatic heterocycles. The third-order valence-electron chi connectivity index (χ3n) is 3.22. The maximum atomic E-state index is 11.9. The second-order valence-electron chi connectivity index (χ2n) is 4.75. The van der Waals surface area contributed by atoms with Crippen molar-refractivity contribution in [2.75, 3.05) is 20.8 Å². The number of hydrogen-bond acceptors (Lipinski definition) is 5. The van der Waals surface area contributed by atoms with Gasteiger partial charge in [0.2, 0.25) is 0 Å². The van der Waals surface area contributed by atoms with Crippen molar-refractivity contribution in [3.63, 3.8) is 0 Å². The van der Waals surface area contributed by atoms with E-state index >= 15 is 0 Å². The van der Waals surface area contributed by atoms with Crippen molar-refractivity contribution in [1.29, 1.82) is 0 Å². The van der Waals surface area contributed by atoms with Gasteiger partial charge in [0.15, 0.2) is 0 Å². The van der Waals surface area contributed by atoms with E-state index in [9.17, 15) is 9.59 Å². The van der Waals surface area contributed by atoms with Crippen molar-refractivity contribution < 1.29 is 23.8 Å². The maximum absolute atomic E-state index is 11.9. The van der Waals surface area contributed by atoms with Crippen LogP contribution >= 0.6 is 0 Å². The molecule has 0 saturated heterocycles. The zero-order valence-corrected chi connectivity index (χ0v) is 13.8. The van der Waals surface area contributed by atoms with Crippen LogP contribution in [0.1, 0.15) is 25.3 Å². The predicted octanol–water partition coefficient (Wildman–Crippen LogP) is 2.79. The summed E-state index contributed by atoms with van der Waals surface area (Å²) in [5, 5.41) is 2.49. The molecule has 1 aromatic rings. The van der Waals surface area contributed by atoms with Gasteiger partial charge in [0.1, 0.15) is 12.3 Å². The third-order valence-corrected chi connectivity index (χ3v) is 3.22. The van der Waals surface area contributed by atoms with Gasteiger partial charge in [-0.2, -0.15) is 0 Å². The molecule has 0 heterocycles. The molecule has 6 nitrogen and oxygen atoms in total. The minimum atomic E-state index is -0.697. The molecule has 1 rings (SSSR count). The van der Waals surface area contributed by atoms with Gasteiger partial charge >= 0.3 is 12.1 Å². The summed E-state index contributed by atoms with van der Waals surface area (Å²) in [4.78, 5) is 23.8. The van der Waals surface area contributed by atoms with E-state index in [2.05, 4.69) is 5.32 Å². The van der Waals surface area contributed by atoms with Crippen molar-refractivity contribution in [3.8, 4) is 0 Å². The summed E-state index contributed by atoms with van der Waals surface area (Å²) in [5.74, 6) is -0.602. The van der Waals surface area contributed by atoms with E-state index in [0.29, 0.717) is 19.4 Å². The normalized spacial score (nSPS) is 11.4. The quantitative estimate of drug-likeness (QED) is 0.589. The van der Waals surface area contributed by atoms with Crippen molar-refractivity contribution in [1.82, 2.24) is 5.32 Å². The van der Waals surface area contributed by atoms with Crippen LogP contribution in [-0.4, -0.2) is 32.9 Å². The lowest BCUT2D eigenvalue weighted by molar-refractivity contribution is -0.136. The second-order valence-corrected chi connectivity index (χ2v) is 4.75. The number of nitrogens with one attached hydrogen (secondary N) is 1. The topological polar surface area (TPSA) is 73.9 Å². The summed E-state index contributed by atoms with van der Waals surface area (Å²) in [6.07, 6.45) is 0.418. The molecule has 1 N–H and O–H groups in total. The van der Waals surface area contributed by atoms with Crippen molar-refractivity contribution in [2.45, 2.75) is 26.4 Å². The molecule has 0 saturated carbocycles. The van der Waals surface area contributed by atoms with Crippen LogP contribution in [0.5, 0.6) is 0 Å². The number of esters is 1. The van der Waals surface area contributed by atoms with E-state index in [1.54, 1.807) is 7.11 Å². The van der Waals surface area contributed by atoms with Crippen LogP contribution in [0.15, 0.2) is 41.6 Å². The Bertz CT molecular complexity index is 539. The number of ether oxygens (including phenoxy) is 3. The highest BCUT2D eigenvalue weighted by Gasteiger charge is 2.18. The zero-order chi connectivity index (χ0) is 17.1. The number of carbonyl (C=O) groups excluding carboxylic acids is 2. The van der Waals surface area contributed by atoms with E-state index < -0.39 is 12.1 Å². The fraction of sp³-hybridized carbons (Fsp3) is 0.412. The summed E-state index contributed by atoms with van der Waals surface area (Å²) in [6, 6.07) is 9.29. The molecule has 0 bridgehead atoms. The zero-order valence-electron chi connectivity index (χ0n) is 13.8. The molecule has 0 atom stereocenters. The van der Waals surface area contributed by atoms with Crippen molar-refractivity contribution in [2.24, 2.45) is 0 Å². The molecule has 0 unspecified atom stereocenters. The Morgan fingerprint density at radius 2 is 1.83 bits per heavy atom. The summed E-state index contributed by atoms with van der Waals surface area (Å²) >= 11 is 0. The summed E-state index contributed by atoms with van der Waals surface area (Å²) in [5.41, 5.74) is 1.72. The number of amides is 1. The molecule has 1 amide bonds. The first-order valence-corrected chi connectivity index (χ1v) is 7.39. The Kier molecular flexibility index (Phi) is 8.46. The average Bonchev–Trinajstić information content (AvgIpc) is 2.59. The molecule has 0 aromatic heterocycles. The standard InChI is InChI=1S/C17H23NO5/c1-4-14(10-11-21-2)15(16(19)22-3)18-17(20)23-12-13-8-6-5-7-9-13/h5-9H,4,10-12H2,1-3H3,(H,18,20)/b15-14-. The Morgan fingerprint density at radius 1 is 1.13 bits per heavy atom. The molecule has 126 valence electrons. The first-order chi connectivity index (χ1) is 11.1. The van der Waals surface area contributed by atoms with Gasteiger partial charge < -0.3 is 14.2 Å². The first-order valence-electron chi connectivity index (χ1n) is 7.39. The molecular weight excluding hydrogens is 298 g/mol. The molecule has 0 aliphatic carbocycles. The molecule has 0 radical (unpaired) electrons. The van der Waals surface area contributed by atoms with Gasteiger partial charge in [-0.15, -0.1) is 0 Å². The van der Waals surface area contributed by atoms with E-state index in [4.69, 9.17) is 14.2 Å². The van der Waals surface area contributed by atoms with Crippen molar-refractivity contribution >= 4 is 12.1 Å². The second kappa shape index (κ2) is 10.4. The minimum Gasteiger partial charge on any atom is -0.464 e. The van der Waals surface area contributed by atoms with Gasteiger partial charge in [0.25, 0.3) is 0 Å². The van der Waals surface area contributed by atoms with Crippen LogP contribution in [-0.2, 0) is 25.6 Å². The molecule has 0 fully saturated rings. The lowest BCUT2D eigenvalue weighted by Crippen LogP contribution is -2.30. The van der Waals surface area contributed by atoms with Gasteiger partial charge in [-0.1, -0.05) is 37.3 Å². The monoisotopic (exact) mass is 321 g/mol. The number of carbonyl (C=O) groups is 2. The van der Waals surface area contributed by atoms with E-state index in [1.807, 2.05) is 37.3 Å². The van der Waals surface area contributed by atoms with Gasteiger partial charge in [0, 0.05) is 13.7 Å². The molecule has 0 aliphatic rings. The number of rotatable bonds is 8. The average molecular weight is 321 g/mol. The van der Waals surface area contributed by atoms with Gasteiger partial charge in [-0.3, -0.25) is 5.32 Å². The number of benzene rings is 1. The van der Waals surface area contributed by atoms with Crippen LogP contribution in [0.2, 0.25) is 0 Å². The van der Waals surface area contributed by atoms with Crippen LogP contribution in [0, 0.1) is 0 Å². The SMILES string of the molecule is CC/C(CCOC)=C(/NC(=O)OCc1ccccc1)C(=O)OC. The van der Waals surface area contributed by atoms with E-state index in [0.717, 1.165) is 11.1 Å². The Hall–Kier alpha value is -2.34. The van der Waals surface area contributed by atoms with Gasteiger partial charge in [-0.25, -0.2) is 9.59 Å². The minimum absolute atomic E-state index is 0.116. The summed E-state index contributed by atoms with van der Waals surface area (Å²) in [7, 11) is 2.84. The molecule has 23 heavy (non-hydrogen) atoms. The van der Waals surface area contributed by atoms with Crippen LogP contribution in [0.3, 0.4) is 0 Å². The molecule has 0 spiro atoms. The number of alkyl carbamates (subject to hydrolysis) is 1. The fourth-order valence-electron chi connectivity index (χ4n) is 1.95. The number of hydrogen-bond donors (Lipinski definition) is 1. The van der Waals surface area contributed by atoms with Crippen LogP contribution < -0.4 is 5.32 Å². The smallest absolute Gasteiger partial charge is 0.412 e. The van der Waals surface area contributed by atoms with E-state index in [-0.39, 0.29) is 12.3 Å². The van der Waals surface area contributed by atoms with E-state index in [1.165, 1.54) is 7.11 Å². The highest BCUT2D eigenvalue weighted by atomic mass is 16.6. The third kappa shape index (κ3) is 6.52. The van der Waals surface area contributed by atoms with Gasteiger partial charge in [-0.05, 0) is 24.0 Å². The lowest BCUT2D eigenvalue weighted by Gasteiger charge is -2.14. The fourth-order valence-corrected chi connectivity index (χ4v) is 1.95. The Balaban J connectivity index is 2.74. The lowest BCUT2D eigenvalue weighted by atomic mass is 10.1. The summed E-state index contributed by atoms with van der Waals surface area (Å²) in [6.45, 7) is 2.47. The van der Waals surface area contributed by atoms with Crippen LogP contribution in [0.25, 0.3) is 0 Å². The first kappa shape index (κ1) is 18.7. The molecule has 6 heteroatoms. The Labute approximate surface area is 136 Å². The molecular formula is C17H23NO5. The van der Waals surface area contributed by atoms with Gasteiger partial charge in [0.05, 0.1) is 7.11 Å². The summed E-state index contributed by atoms with van der Waals surface area (Å²) < 4.78 is 14.9. The van der Waals surface area contributed by atoms with Crippen LogP contribution in [0.4, 0.5) is 4.79 Å². The Morgan fingerprint density at radius 3 is 2.39 bits per heavy atom. The molecule has 1 aromatic carbocycles. The van der Waals surface area contributed by atoms with Crippen molar-refractivity contribution in [3.05, 3.63) is 47.2 Å². The largest absolute Gasteiger partial charge is 0.464 e.